The summed E-state index contributed by atoms with van der Waals surface area (Å²) < 4.78 is 72.6. The summed E-state index contributed by atoms with van der Waals surface area (Å²) in [4.78, 5) is 0. The minimum absolute atomic E-state index is 0.390. The number of rotatable bonds is 1. The molecule has 0 amide bonds. The van der Waals surface area contributed by atoms with E-state index >= 15 is 0 Å². The fourth-order valence-corrected chi connectivity index (χ4v) is 1.42. The second kappa shape index (κ2) is 7.36. The van der Waals surface area contributed by atoms with Gasteiger partial charge in [0.15, 0.2) is 5.82 Å². The molecule has 0 aliphatic carbocycles. The number of benzene rings is 2. The van der Waals surface area contributed by atoms with Gasteiger partial charge in [-0.05, 0) is 52.2 Å². The van der Waals surface area contributed by atoms with E-state index in [9.17, 15) is 26.5 Å². The minimum atomic E-state index is -1.41. The Morgan fingerprint density at radius 2 is 1.25 bits per heavy atom. The quantitative estimate of drug-likeness (QED) is 0.276. The molecule has 0 bridgehead atoms. The molecule has 0 N–H and O–H groups in total. The zero-order valence-electron chi connectivity index (χ0n) is 9.56. The molecule has 8 heteroatoms. The van der Waals surface area contributed by atoms with Crippen molar-refractivity contribution in [2.75, 3.05) is 5.34 Å². The first kappa shape index (κ1) is 16.6. The Kier molecular flexibility index (Phi) is 6.11. The van der Waals surface area contributed by atoms with Gasteiger partial charge < -0.3 is 0 Å². The molecule has 108 valence electrons. The Labute approximate surface area is 123 Å². The molecule has 0 spiro atoms. The van der Waals surface area contributed by atoms with Crippen molar-refractivity contribution in [3.8, 4) is 0 Å². The van der Waals surface area contributed by atoms with Crippen LogP contribution in [0, 0.1) is 26.8 Å². The maximum Gasteiger partial charge on any atom is 0.155 e. The van der Waals surface area contributed by atoms with E-state index in [0.717, 1.165) is 12.1 Å². The van der Waals surface area contributed by atoms with E-state index in [0.29, 0.717) is 15.7 Å². The summed E-state index contributed by atoms with van der Waals surface area (Å²) in [6, 6.07) is 5.29. The molecule has 0 saturated carbocycles. The normalized spacial score (nSPS) is 9.75. The van der Waals surface area contributed by atoms with Crippen LogP contribution in [-0.4, -0.2) is 0 Å². The third kappa shape index (κ3) is 4.91. The summed E-state index contributed by atoms with van der Waals surface area (Å²) in [5, 5.41) is -1.41. The summed E-state index contributed by atoms with van der Waals surface area (Å²) >= 11 is 1.80. The molecule has 0 aliphatic heterocycles. The highest BCUT2D eigenvalue weighted by Gasteiger charge is 2.10. The Morgan fingerprint density at radius 3 is 1.65 bits per heavy atom. The second-order valence-electron chi connectivity index (χ2n) is 3.39. The van der Waals surface area contributed by atoms with Crippen LogP contribution in [0.4, 0.5) is 32.2 Å². The van der Waals surface area contributed by atoms with Crippen LogP contribution in [0.1, 0.15) is 0 Å². The highest BCUT2D eigenvalue weighted by Crippen LogP contribution is 2.20. The maximum atomic E-state index is 12.3. The summed E-state index contributed by atoms with van der Waals surface area (Å²) in [5.41, 5.74) is -0.939. The van der Waals surface area contributed by atoms with Gasteiger partial charge >= 0.3 is 0 Å². The Morgan fingerprint density at radius 1 is 0.750 bits per heavy atom. The number of nitrogens with zero attached hydrogens (tertiary/aromatic N) is 1. The fourth-order valence-electron chi connectivity index (χ4n) is 1.09. The van der Waals surface area contributed by atoms with E-state index in [1.54, 1.807) is 22.6 Å². The molecule has 2 aromatic carbocycles. The summed E-state index contributed by atoms with van der Waals surface area (Å²) in [6.07, 6.45) is 0. The summed E-state index contributed by atoms with van der Waals surface area (Å²) in [6.45, 7) is 0. The predicted molar refractivity (Wildman–Crippen MR) is 70.1 cm³/mol. The van der Waals surface area contributed by atoms with E-state index in [1.165, 1.54) is 12.1 Å². The van der Waals surface area contributed by atoms with E-state index in [2.05, 4.69) is 0 Å². The zero-order valence-corrected chi connectivity index (χ0v) is 11.7. The maximum absolute atomic E-state index is 12.3. The average Bonchev–Trinajstić information content (AvgIpc) is 2.34. The molecule has 0 aromatic heterocycles. The van der Waals surface area contributed by atoms with Gasteiger partial charge in [0.25, 0.3) is 0 Å². The van der Waals surface area contributed by atoms with Gasteiger partial charge in [0.05, 0.1) is 0 Å². The first-order valence-electron chi connectivity index (χ1n) is 4.98. The van der Waals surface area contributed by atoms with Crippen molar-refractivity contribution in [2.45, 2.75) is 0 Å². The molecular weight excluding hydrogens is 399 g/mol. The van der Waals surface area contributed by atoms with Crippen LogP contribution in [-0.2, 0) is 0 Å². The third-order valence-corrected chi connectivity index (χ3v) is 2.85. The molecule has 0 saturated heterocycles. The van der Waals surface area contributed by atoms with Crippen molar-refractivity contribution in [1.82, 2.24) is 0 Å². The lowest BCUT2D eigenvalue weighted by Gasteiger charge is -2.01. The van der Waals surface area contributed by atoms with Crippen molar-refractivity contribution in [3.05, 3.63) is 63.2 Å². The van der Waals surface area contributed by atoms with Crippen molar-refractivity contribution < 1.29 is 26.5 Å². The van der Waals surface area contributed by atoms with Gasteiger partial charge in [-0.3, -0.25) is 0 Å². The fraction of sp³-hybridized carbons (Fsp3) is 0. The first-order chi connectivity index (χ1) is 9.31. The molecule has 2 rings (SSSR count). The monoisotopic (exact) mass is 405 g/mol. The lowest BCUT2D eigenvalue weighted by molar-refractivity contribution is 0.231. The molecule has 1 nitrogen and oxygen atoms in total. The van der Waals surface area contributed by atoms with Crippen molar-refractivity contribution >= 4 is 28.3 Å². The van der Waals surface area contributed by atoms with Crippen LogP contribution in [0.25, 0.3) is 0 Å². The van der Waals surface area contributed by atoms with E-state index < -0.39 is 34.3 Å². The number of hydrogen-bond acceptors (Lipinski definition) is 1. The molecule has 0 aliphatic rings. The lowest BCUT2D eigenvalue weighted by Crippen LogP contribution is -1.98. The molecule has 0 fully saturated rings. The molecule has 0 heterocycles. The minimum Gasteiger partial charge on any atom is -0.207 e. The zero-order chi connectivity index (χ0) is 15.3. The first-order valence-corrected chi connectivity index (χ1v) is 6.06. The van der Waals surface area contributed by atoms with Gasteiger partial charge in [-0.2, -0.15) is 0 Å². The SMILES string of the molecule is Fc1ccc(I)c(F)c1.Fc1ccc(N(F)F)c(F)c1. The second-order valence-corrected chi connectivity index (χ2v) is 4.55. The molecule has 0 unspecified atom stereocenters. The molecular formula is C12H6F6IN. The van der Waals surface area contributed by atoms with E-state index in [1.807, 2.05) is 0 Å². The Balaban J connectivity index is 0.000000204. The molecule has 20 heavy (non-hydrogen) atoms. The van der Waals surface area contributed by atoms with Crippen LogP contribution < -0.4 is 5.34 Å². The Hall–Kier alpha value is -1.45. The van der Waals surface area contributed by atoms with E-state index in [4.69, 9.17) is 0 Å². The van der Waals surface area contributed by atoms with Gasteiger partial charge in [-0.1, -0.05) is 8.96 Å². The topological polar surface area (TPSA) is 3.24 Å². The van der Waals surface area contributed by atoms with Crippen LogP contribution in [0.5, 0.6) is 0 Å². The highest BCUT2D eigenvalue weighted by atomic mass is 127. The number of halogens is 7. The molecule has 2 aromatic rings. The average molecular weight is 405 g/mol. The summed E-state index contributed by atoms with van der Waals surface area (Å²) in [7, 11) is 0. The van der Waals surface area contributed by atoms with Crippen molar-refractivity contribution in [2.24, 2.45) is 0 Å². The van der Waals surface area contributed by atoms with Gasteiger partial charge in [0.2, 0.25) is 0 Å². The standard InChI is InChI=1S/C6H3F4N.C6H3F2I/c7-4-1-2-6(11(9)10)5(8)3-4;7-4-1-2-6(9)5(8)3-4/h1-3H;1-3H. The summed E-state index contributed by atoms with van der Waals surface area (Å²) in [5.74, 6) is -3.20. The molecule has 0 atom stereocenters. The predicted octanol–water partition coefficient (Wildman–Crippen LogP) is 5.11. The smallest absolute Gasteiger partial charge is 0.155 e. The van der Waals surface area contributed by atoms with Gasteiger partial charge in [0.1, 0.15) is 23.1 Å². The molecule has 0 radical (unpaired) electrons. The van der Waals surface area contributed by atoms with E-state index in [-0.39, 0.29) is 0 Å². The van der Waals surface area contributed by atoms with Crippen LogP contribution in [0.2, 0.25) is 0 Å². The largest absolute Gasteiger partial charge is 0.207 e. The van der Waals surface area contributed by atoms with Crippen LogP contribution in [0.15, 0.2) is 36.4 Å². The van der Waals surface area contributed by atoms with Gasteiger partial charge in [0, 0.05) is 15.7 Å². The van der Waals surface area contributed by atoms with Crippen LogP contribution in [0.3, 0.4) is 0 Å². The third-order valence-electron chi connectivity index (χ3n) is 1.97. The van der Waals surface area contributed by atoms with Crippen molar-refractivity contribution in [3.63, 3.8) is 0 Å². The van der Waals surface area contributed by atoms with Gasteiger partial charge in [-0.25, -0.2) is 17.6 Å². The van der Waals surface area contributed by atoms with Crippen molar-refractivity contribution in [1.29, 1.82) is 0 Å². The highest BCUT2D eigenvalue weighted by molar-refractivity contribution is 14.1. The number of anilines is 1. The lowest BCUT2D eigenvalue weighted by atomic mass is 10.3. The van der Waals surface area contributed by atoms with Gasteiger partial charge in [-0.15, -0.1) is 0 Å². The van der Waals surface area contributed by atoms with Crippen LogP contribution >= 0.6 is 22.6 Å². The number of hydrogen-bond donors (Lipinski definition) is 0. The Bertz CT molecular complexity index is 590.